The Labute approximate surface area is 324 Å². The number of para-hydroxylation sites is 1. The van der Waals surface area contributed by atoms with Gasteiger partial charge in [0.1, 0.15) is 35.6 Å². The second-order valence-electron chi connectivity index (χ2n) is 15.3. The predicted octanol–water partition coefficient (Wildman–Crippen LogP) is 3.77. The number of nitrogens with zero attached hydrogens (tertiary/aromatic N) is 1. The Balaban J connectivity index is 1.00. The van der Waals surface area contributed by atoms with Crippen molar-refractivity contribution in [2.24, 2.45) is 5.41 Å². The van der Waals surface area contributed by atoms with Gasteiger partial charge in [0.25, 0.3) is 5.91 Å². The van der Waals surface area contributed by atoms with Crippen molar-refractivity contribution in [3.8, 4) is 5.75 Å². The molecule has 0 unspecified atom stereocenters. The smallest absolute Gasteiger partial charge is 0.327 e. The molecule has 1 spiro atoms. The van der Waals surface area contributed by atoms with Gasteiger partial charge in [0, 0.05) is 37.9 Å². The number of aromatic hydroxyl groups is 1. The van der Waals surface area contributed by atoms with Gasteiger partial charge in [-0.05, 0) is 58.0 Å². The molecule has 3 heterocycles. The number of phenols is 1. The molecule has 3 aliphatic heterocycles. The summed E-state index contributed by atoms with van der Waals surface area (Å²) in [6.45, 7) is 0.237. The number of allylic oxidation sites excluding steroid dienone is 1. The number of hydrogen-bond donors (Lipinski definition) is 4. The van der Waals surface area contributed by atoms with Crippen LogP contribution in [0.4, 0.5) is 0 Å². The first-order valence-electron chi connectivity index (χ1n) is 19.1. The van der Waals surface area contributed by atoms with Crippen molar-refractivity contribution in [2.75, 3.05) is 13.2 Å². The largest absolute Gasteiger partial charge is 0.508 e. The highest BCUT2D eigenvalue weighted by molar-refractivity contribution is 5.95. The van der Waals surface area contributed by atoms with Gasteiger partial charge < -0.3 is 35.1 Å². The van der Waals surface area contributed by atoms with E-state index in [1.165, 1.54) is 0 Å². The van der Waals surface area contributed by atoms with E-state index in [0.717, 1.165) is 27.8 Å². The Morgan fingerprint density at radius 2 is 1.62 bits per heavy atom. The van der Waals surface area contributed by atoms with Gasteiger partial charge in [0.15, 0.2) is 11.8 Å². The second-order valence-corrected chi connectivity index (χ2v) is 15.3. The number of ether oxygens (including phenoxy) is 3. The zero-order chi connectivity index (χ0) is 38.4. The number of aliphatic hydroxyl groups is 1. The number of carbonyl (C=O) groups excluding carboxylic acids is 3. The molecule has 2 bridgehead atoms. The SMILES string of the molecule is O=C(NCCO)c1cccc(CNC(=O)[C@@]23C[C@H]4OC(=O)[C@@H]2N(Cc2cccc(C=CCc5ccccc5O)c2)O[C@@H]3[C@H]2OC3(Cc5ccccc5C3)O[C@H]24)c1. The number of rotatable bonds is 11. The molecule has 6 atom stereocenters. The number of hydroxylamine groups is 2. The van der Waals surface area contributed by atoms with Crippen LogP contribution < -0.4 is 10.6 Å². The quantitative estimate of drug-likeness (QED) is 0.166. The van der Waals surface area contributed by atoms with Crippen molar-refractivity contribution in [2.45, 2.75) is 75.0 Å². The van der Waals surface area contributed by atoms with Crippen LogP contribution in [0.5, 0.6) is 5.75 Å². The van der Waals surface area contributed by atoms with E-state index in [1.807, 2.05) is 66.7 Å². The Hall–Kier alpha value is -5.37. The Morgan fingerprint density at radius 1 is 0.875 bits per heavy atom. The number of aliphatic hydroxyl groups excluding tert-OH is 1. The normalized spacial score (nSPS) is 26.9. The van der Waals surface area contributed by atoms with Gasteiger partial charge in [-0.2, -0.15) is 5.06 Å². The standard InChI is InChI=1S/C44H43N3O9/c48-19-18-45-40(50)31-16-7-10-28(21-31)25-46-42(52)44-24-35-36-37(55-43(54-36)22-32-13-1-2-14-33(32)23-43)39(44)56-47(38(44)41(51)53-35)26-29-11-5-8-27(20-29)9-6-15-30-12-3-4-17-34(30)49/h1-14,16-17,20-21,35-39,48-49H,15,18-19,22-26H2,(H,45,50)(H,46,52)/t35-,36+,37+,38+,39-,44+/m1/s1. The molecule has 288 valence electrons. The molecule has 9 rings (SSSR count). The highest BCUT2D eigenvalue weighted by Crippen LogP contribution is 2.58. The molecule has 2 amide bonds. The van der Waals surface area contributed by atoms with Crippen molar-refractivity contribution in [3.63, 3.8) is 0 Å². The lowest BCUT2D eigenvalue weighted by Gasteiger charge is -2.48. The first-order valence-corrected chi connectivity index (χ1v) is 19.1. The van der Waals surface area contributed by atoms with Crippen molar-refractivity contribution >= 4 is 23.9 Å². The zero-order valence-electron chi connectivity index (χ0n) is 30.6. The van der Waals surface area contributed by atoms with Crippen molar-refractivity contribution < 1.29 is 43.6 Å². The van der Waals surface area contributed by atoms with Crippen LogP contribution >= 0.6 is 0 Å². The molecule has 4 N–H and O–H groups in total. The first kappa shape index (κ1) is 36.3. The van der Waals surface area contributed by atoms with E-state index in [2.05, 4.69) is 22.8 Å². The van der Waals surface area contributed by atoms with Crippen molar-refractivity contribution in [3.05, 3.63) is 142 Å². The molecule has 56 heavy (non-hydrogen) atoms. The molecule has 4 fully saturated rings. The highest BCUT2D eigenvalue weighted by Gasteiger charge is 2.76. The van der Waals surface area contributed by atoms with E-state index in [-0.39, 0.29) is 50.2 Å². The third kappa shape index (κ3) is 6.47. The maximum Gasteiger partial charge on any atom is 0.327 e. The molecule has 2 aliphatic carbocycles. The third-order valence-electron chi connectivity index (χ3n) is 11.7. The molecule has 12 nitrogen and oxygen atoms in total. The number of esters is 1. The first-order chi connectivity index (χ1) is 27.2. The van der Waals surface area contributed by atoms with Crippen LogP contribution in [-0.2, 0) is 61.0 Å². The number of fused-ring (bicyclic) bond motifs is 5. The molecule has 4 aromatic carbocycles. The van der Waals surface area contributed by atoms with Crippen LogP contribution in [-0.4, -0.2) is 82.5 Å². The molecule has 4 aromatic rings. The molecular weight excluding hydrogens is 714 g/mol. The maximum atomic E-state index is 14.8. The van der Waals surface area contributed by atoms with Crippen molar-refractivity contribution in [1.82, 2.24) is 15.7 Å². The van der Waals surface area contributed by atoms with Crippen LogP contribution in [0.2, 0.25) is 0 Å². The van der Waals surface area contributed by atoms with Crippen LogP contribution in [0.25, 0.3) is 6.08 Å². The molecular formula is C44H43N3O9. The molecule has 5 aliphatic rings. The van der Waals surface area contributed by atoms with Crippen LogP contribution in [0.1, 0.15) is 50.2 Å². The number of hydrogen-bond acceptors (Lipinski definition) is 10. The molecule has 12 heteroatoms. The number of phenolic OH excluding ortho intramolecular Hbond substituents is 1. The summed E-state index contributed by atoms with van der Waals surface area (Å²) in [4.78, 5) is 48.4. The van der Waals surface area contributed by atoms with Gasteiger partial charge in [0.05, 0.1) is 13.2 Å². The lowest BCUT2D eigenvalue weighted by molar-refractivity contribution is -0.217. The molecule has 0 radical (unpaired) electrons. The fourth-order valence-electron chi connectivity index (χ4n) is 9.18. The second kappa shape index (κ2) is 14.6. The molecule has 3 saturated heterocycles. The topological polar surface area (TPSA) is 156 Å². The zero-order valence-corrected chi connectivity index (χ0v) is 30.6. The maximum absolute atomic E-state index is 14.8. The minimum atomic E-state index is -1.37. The average Bonchev–Trinajstić information content (AvgIpc) is 3.88. The monoisotopic (exact) mass is 757 g/mol. The van der Waals surface area contributed by atoms with Crippen LogP contribution in [0.3, 0.4) is 0 Å². The molecule has 1 saturated carbocycles. The van der Waals surface area contributed by atoms with E-state index in [4.69, 9.17) is 24.2 Å². The highest BCUT2D eigenvalue weighted by atomic mass is 16.8. The van der Waals surface area contributed by atoms with Gasteiger partial charge in [-0.15, -0.1) is 0 Å². The van der Waals surface area contributed by atoms with E-state index in [0.29, 0.717) is 30.4 Å². The molecule has 0 aromatic heterocycles. The van der Waals surface area contributed by atoms with Gasteiger partial charge in [-0.25, -0.2) is 0 Å². The summed E-state index contributed by atoms with van der Waals surface area (Å²) in [7, 11) is 0. The number of amides is 2. The Kier molecular flexibility index (Phi) is 9.46. The number of nitrogens with one attached hydrogen (secondary N) is 2. The van der Waals surface area contributed by atoms with Gasteiger partial charge in [0.2, 0.25) is 5.91 Å². The predicted molar refractivity (Wildman–Crippen MR) is 202 cm³/mol. The van der Waals surface area contributed by atoms with E-state index >= 15 is 0 Å². The van der Waals surface area contributed by atoms with Crippen molar-refractivity contribution in [1.29, 1.82) is 0 Å². The Morgan fingerprint density at radius 3 is 2.43 bits per heavy atom. The summed E-state index contributed by atoms with van der Waals surface area (Å²) >= 11 is 0. The fourth-order valence-corrected chi connectivity index (χ4v) is 9.18. The van der Waals surface area contributed by atoms with E-state index in [9.17, 15) is 19.5 Å². The van der Waals surface area contributed by atoms with Crippen LogP contribution in [0, 0.1) is 5.41 Å². The summed E-state index contributed by atoms with van der Waals surface area (Å²) in [6, 6.07) is 29.0. The van der Waals surface area contributed by atoms with E-state index < -0.39 is 47.6 Å². The fraction of sp³-hybridized carbons (Fsp3) is 0.341. The van der Waals surface area contributed by atoms with Gasteiger partial charge in [-0.3, -0.25) is 19.2 Å². The number of benzene rings is 4. The average molecular weight is 758 g/mol. The van der Waals surface area contributed by atoms with Gasteiger partial charge >= 0.3 is 5.97 Å². The summed E-state index contributed by atoms with van der Waals surface area (Å²) in [6.07, 6.45) is 2.84. The summed E-state index contributed by atoms with van der Waals surface area (Å²) in [5.74, 6) is -1.99. The van der Waals surface area contributed by atoms with Crippen LogP contribution in [0.15, 0.2) is 103 Å². The summed E-state index contributed by atoms with van der Waals surface area (Å²) < 4.78 is 19.8. The number of carbonyl (C=O) groups is 3. The Bertz CT molecular complexity index is 2180. The van der Waals surface area contributed by atoms with Gasteiger partial charge in [-0.1, -0.05) is 91.0 Å². The lowest BCUT2D eigenvalue weighted by Crippen LogP contribution is -2.69. The third-order valence-corrected chi connectivity index (χ3v) is 11.7. The van der Waals surface area contributed by atoms with E-state index in [1.54, 1.807) is 35.4 Å². The lowest BCUT2D eigenvalue weighted by atomic mass is 9.62. The minimum absolute atomic E-state index is 0.0979. The summed E-state index contributed by atoms with van der Waals surface area (Å²) in [5, 5.41) is 26.6. The summed E-state index contributed by atoms with van der Waals surface area (Å²) in [5.41, 5.74) is 4.59. The minimum Gasteiger partial charge on any atom is -0.508 e.